The lowest BCUT2D eigenvalue weighted by Crippen LogP contribution is -2.39. The van der Waals surface area contributed by atoms with E-state index in [9.17, 15) is 9.59 Å². The highest BCUT2D eigenvalue weighted by Crippen LogP contribution is 2.27. The SMILES string of the molecule is CC(=O)c1ccc(OCC(=O)CC2CCN(Cc3ccccc3)CC2C)cc1. The number of hydrogen-bond donors (Lipinski definition) is 0. The highest BCUT2D eigenvalue weighted by molar-refractivity contribution is 5.94. The van der Waals surface area contributed by atoms with Gasteiger partial charge >= 0.3 is 0 Å². The normalized spacial score (nSPS) is 19.9. The van der Waals surface area contributed by atoms with E-state index in [-0.39, 0.29) is 18.2 Å². The van der Waals surface area contributed by atoms with E-state index in [1.807, 2.05) is 6.07 Å². The summed E-state index contributed by atoms with van der Waals surface area (Å²) in [6.07, 6.45) is 1.62. The topological polar surface area (TPSA) is 46.6 Å². The second-order valence-corrected chi connectivity index (χ2v) is 7.86. The zero-order valence-corrected chi connectivity index (χ0v) is 16.8. The van der Waals surface area contributed by atoms with E-state index >= 15 is 0 Å². The van der Waals surface area contributed by atoms with Crippen LogP contribution >= 0.6 is 0 Å². The number of rotatable bonds is 8. The summed E-state index contributed by atoms with van der Waals surface area (Å²) in [6.45, 7) is 6.91. The molecule has 0 aromatic heterocycles. The average molecular weight is 380 g/mol. The van der Waals surface area contributed by atoms with E-state index < -0.39 is 0 Å². The first kappa shape index (κ1) is 20.3. The zero-order valence-electron chi connectivity index (χ0n) is 16.8. The average Bonchev–Trinajstić information content (AvgIpc) is 2.69. The lowest BCUT2D eigenvalue weighted by molar-refractivity contribution is -0.122. The number of likely N-dealkylation sites (tertiary alicyclic amines) is 1. The van der Waals surface area contributed by atoms with Crippen molar-refractivity contribution in [2.75, 3.05) is 19.7 Å². The Balaban J connectivity index is 1.42. The van der Waals surface area contributed by atoms with Gasteiger partial charge in [-0.3, -0.25) is 14.5 Å². The minimum Gasteiger partial charge on any atom is -0.486 e. The summed E-state index contributed by atoms with van der Waals surface area (Å²) in [6, 6.07) is 17.5. The van der Waals surface area contributed by atoms with Crippen molar-refractivity contribution < 1.29 is 14.3 Å². The first-order valence-electron chi connectivity index (χ1n) is 10.0. The van der Waals surface area contributed by atoms with Crippen LogP contribution in [0.1, 0.15) is 42.6 Å². The van der Waals surface area contributed by atoms with Gasteiger partial charge in [0.15, 0.2) is 11.6 Å². The minimum absolute atomic E-state index is 0.0234. The van der Waals surface area contributed by atoms with E-state index in [1.165, 1.54) is 12.5 Å². The van der Waals surface area contributed by atoms with Crippen LogP contribution < -0.4 is 4.74 Å². The van der Waals surface area contributed by atoms with Crippen molar-refractivity contribution in [1.82, 2.24) is 4.90 Å². The third-order valence-electron chi connectivity index (χ3n) is 5.57. The van der Waals surface area contributed by atoms with Crippen molar-refractivity contribution in [3.63, 3.8) is 0 Å². The summed E-state index contributed by atoms with van der Waals surface area (Å²) >= 11 is 0. The van der Waals surface area contributed by atoms with Crippen molar-refractivity contribution in [2.24, 2.45) is 11.8 Å². The zero-order chi connectivity index (χ0) is 19.9. The molecular weight excluding hydrogens is 350 g/mol. The maximum absolute atomic E-state index is 12.4. The van der Waals surface area contributed by atoms with Crippen molar-refractivity contribution in [2.45, 2.75) is 33.2 Å². The molecule has 1 heterocycles. The van der Waals surface area contributed by atoms with Gasteiger partial charge < -0.3 is 4.74 Å². The molecule has 1 fully saturated rings. The standard InChI is InChI=1S/C24H29NO3/c1-18-15-25(16-20-6-4-3-5-7-20)13-12-22(18)14-23(27)17-28-24-10-8-21(9-11-24)19(2)26/h3-11,18,22H,12-17H2,1-2H3. The van der Waals surface area contributed by atoms with Crippen LogP contribution in [-0.4, -0.2) is 36.2 Å². The third kappa shape index (κ3) is 5.77. The highest BCUT2D eigenvalue weighted by Gasteiger charge is 2.27. The fraction of sp³-hybridized carbons (Fsp3) is 0.417. The van der Waals surface area contributed by atoms with Gasteiger partial charge in [-0.25, -0.2) is 0 Å². The van der Waals surface area contributed by atoms with Crippen LogP contribution in [0, 0.1) is 11.8 Å². The summed E-state index contributed by atoms with van der Waals surface area (Å²) in [5.41, 5.74) is 1.99. The summed E-state index contributed by atoms with van der Waals surface area (Å²) in [5.74, 6) is 1.71. The smallest absolute Gasteiger partial charge is 0.170 e. The molecule has 4 heteroatoms. The molecule has 2 unspecified atom stereocenters. The van der Waals surface area contributed by atoms with Gasteiger partial charge in [0.25, 0.3) is 0 Å². The quantitative estimate of drug-likeness (QED) is 0.639. The van der Waals surface area contributed by atoms with E-state index in [4.69, 9.17) is 4.74 Å². The van der Waals surface area contributed by atoms with Crippen molar-refractivity contribution in [3.05, 3.63) is 65.7 Å². The van der Waals surface area contributed by atoms with Crippen LogP contribution in [0.5, 0.6) is 5.75 Å². The summed E-state index contributed by atoms with van der Waals surface area (Å²) in [5, 5.41) is 0. The molecule has 2 atom stereocenters. The maximum Gasteiger partial charge on any atom is 0.170 e. The largest absolute Gasteiger partial charge is 0.486 e. The van der Waals surface area contributed by atoms with Gasteiger partial charge in [0.2, 0.25) is 0 Å². The van der Waals surface area contributed by atoms with Gasteiger partial charge in [0, 0.05) is 25.1 Å². The van der Waals surface area contributed by atoms with Gasteiger partial charge in [-0.1, -0.05) is 37.3 Å². The second kappa shape index (κ2) is 9.65. The van der Waals surface area contributed by atoms with E-state index in [2.05, 4.69) is 36.1 Å². The lowest BCUT2D eigenvalue weighted by Gasteiger charge is -2.36. The van der Waals surface area contributed by atoms with E-state index in [0.29, 0.717) is 29.6 Å². The number of carbonyl (C=O) groups is 2. The minimum atomic E-state index is 0.0234. The second-order valence-electron chi connectivity index (χ2n) is 7.86. The molecule has 1 aliphatic heterocycles. The molecule has 1 aliphatic rings. The summed E-state index contributed by atoms with van der Waals surface area (Å²) in [7, 11) is 0. The van der Waals surface area contributed by atoms with Gasteiger partial charge in [0.05, 0.1) is 0 Å². The molecule has 0 bridgehead atoms. The molecule has 0 N–H and O–H groups in total. The number of ketones is 2. The molecule has 28 heavy (non-hydrogen) atoms. The van der Waals surface area contributed by atoms with Crippen LogP contribution in [0.4, 0.5) is 0 Å². The monoisotopic (exact) mass is 379 g/mol. The van der Waals surface area contributed by atoms with E-state index in [1.54, 1.807) is 24.3 Å². The molecule has 148 valence electrons. The molecule has 0 amide bonds. The molecule has 1 saturated heterocycles. The number of carbonyl (C=O) groups excluding carboxylic acids is 2. The summed E-state index contributed by atoms with van der Waals surface area (Å²) in [4.78, 5) is 26.2. The molecule has 0 aliphatic carbocycles. The number of hydrogen-bond acceptors (Lipinski definition) is 4. The van der Waals surface area contributed by atoms with Gasteiger partial charge in [-0.2, -0.15) is 0 Å². The van der Waals surface area contributed by atoms with Crippen LogP contribution in [0.15, 0.2) is 54.6 Å². The van der Waals surface area contributed by atoms with Crippen LogP contribution in [-0.2, 0) is 11.3 Å². The van der Waals surface area contributed by atoms with Crippen molar-refractivity contribution in [1.29, 1.82) is 0 Å². The number of ether oxygens (including phenoxy) is 1. The van der Waals surface area contributed by atoms with Crippen LogP contribution in [0.3, 0.4) is 0 Å². The Morgan fingerprint density at radius 2 is 1.79 bits per heavy atom. The molecule has 0 saturated carbocycles. The van der Waals surface area contributed by atoms with Crippen LogP contribution in [0.25, 0.3) is 0 Å². The third-order valence-corrected chi connectivity index (χ3v) is 5.57. The predicted octanol–water partition coefficient (Wildman–Crippen LogP) is 4.39. The Hall–Kier alpha value is -2.46. The van der Waals surface area contributed by atoms with Gasteiger partial charge in [0.1, 0.15) is 12.4 Å². The molecule has 0 spiro atoms. The van der Waals surface area contributed by atoms with Gasteiger partial charge in [-0.15, -0.1) is 0 Å². The predicted molar refractivity (Wildman–Crippen MR) is 111 cm³/mol. The van der Waals surface area contributed by atoms with E-state index in [0.717, 1.165) is 26.1 Å². The molecular formula is C24H29NO3. The Kier molecular flexibility index (Phi) is 6.99. The lowest BCUT2D eigenvalue weighted by atomic mass is 9.83. The first-order valence-corrected chi connectivity index (χ1v) is 10.0. The van der Waals surface area contributed by atoms with Crippen LogP contribution in [0.2, 0.25) is 0 Å². The molecule has 0 radical (unpaired) electrons. The number of nitrogens with zero attached hydrogens (tertiary/aromatic N) is 1. The first-order chi connectivity index (χ1) is 13.5. The van der Waals surface area contributed by atoms with Crippen molar-refractivity contribution in [3.8, 4) is 5.75 Å². The fourth-order valence-corrected chi connectivity index (χ4v) is 3.87. The fourth-order valence-electron chi connectivity index (χ4n) is 3.87. The number of benzene rings is 2. The number of piperidine rings is 1. The Morgan fingerprint density at radius 1 is 1.07 bits per heavy atom. The van der Waals surface area contributed by atoms with Gasteiger partial charge in [-0.05, 0) is 61.6 Å². The molecule has 2 aromatic carbocycles. The van der Waals surface area contributed by atoms with Crippen molar-refractivity contribution >= 4 is 11.6 Å². The number of Topliss-reactive ketones (excluding diaryl/α,β-unsaturated/α-hetero) is 2. The Bertz CT molecular complexity index is 785. The molecule has 4 nitrogen and oxygen atoms in total. The highest BCUT2D eigenvalue weighted by atomic mass is 16.5. The Morgan fingerprint density at radius 3 is 2.43 bits per heavy atom. The summed E-state index contributed by atoms with van der Waals surface area (Å²) < 4.78 is 5.61. The Labute approximate surface area is 167 Å². The maximum atomic E-state index is 12.4. The molecule has 3 rings (SSSR count). The molecule has 2 aromatic rings.